The van der Waals surface area contributed by atoms with E-state index in [0.717, 1.165) is 11.1 Å². The van der Waals surface area contributed by atoms with Gasteiger partial charge >= 0.3 is 5.97 Å². The highest BCUT2D eigenvalue weighted by molar-refractivity contribution is 7.07. The zero-order valence-corrected chi connectivity index (χ0v) is 25.6. The molecule has 2 heterocycles. The summed E-state index contributed by atoms with van der Waals surface area (Å²) >= 11 is 13.9. The lowest BCUT2D eigenvalue weighted by molar-refractivity contribution is -0.139. The highest BCUT2D eigenvalue weighted by atomic mass is 35.5. The van der Waals surface area contributed by atoms with E-state index < -0.39 is 12.0 Å². The average Bonchev–Trinajstić information content (AvgIpc) is 3.27. The summed E-state index contributed by atoms with van der Waals surface area (Å²) < 4.78 is 19.0. The normalized spacial score (nSPS) is 14.8. The van der Waals surface area contributed by atoms with Crippen molar-refractivity contribution >= 4 is 46.6 Å². The third-order valence-electron chi connectivity index (χ3n) is 6.62. The smallest absolute Gasteiger partial charge is 0.338 e. The monoisotopic (exact) mass is 622 g/mol. The molecule has 1 atom stereocenters. The molecule has 1 aliphatic rings. The van der Waals surface area contributed by atoms with Gasteiger partial charge in [-0.1, -0.05) is 64.9 Å². The number of carbonyl (C=O) groups is 1. The van der Waals surface area contributed by atoms with Crippen LogP contribution in [0.15, 0.2) is 87.8 Å². The van der Waals surface area contributed by atoms with Crippen LogP contribution in [0.25, 0.3) is 6.08 Å². The van der Waals surface area contributed by atoms with Crippen LogP contribution in [0.3, 0.4) is 0 Å². The fourth-order valence-electron chi connectivity index (χ4n) is 4.70. The van der Waals surface area contributed by atoms with Gasteiger partial charge in [-0.15, -0.1) is 0 Å². The lowest BCUT2D eigenvalue weighted by atomic mass is 9.96. The number of hydrogen-bond acceptors (Lipinski definition) is 7. The summed E-state index contributed by atoms with van der Waals surface area (Å²) in [7, 11) is 0. The van der Waals surface area contributed by atoms with Gasteiger partial charge in [0.25, 0.3) is 5.56 Å². The number of fused-ring (bicyclic) bond motifs is 1. The van der Waals surface area contributed by atoms with Crippen LogP contribution >= 0.6 is 34.5 Å². The first-order valence-corrected chi connectivity index (χ1v) is 15.0. The predicted octanol–water partition coefficient (Wildman–Crippen LogP) is 6.08. The fraction of sp³-hybridized carbons (Fsp3) is 0.219. The Kier molecular flexibility index (Phi) is 9.16. The Balaban J connectivity index is 1.61. The molecule has 42 heavy (non-hydrogen) atoms. The first-order chi connectivity index (χ1) is 20.3. The molecule has 0 aliphatic carbocycles. The molecule has 3 aromatic carbocycles. The van der Waals surface area contributed by atoms with Crippen LogP contribution in [-0.4, -0.2) is 23.8 Å². The van der Waals surface area contributed by atoms with Crippen molar-refractivity contribution in [1.29, 1.82) is 0 Å². The molecule has 10 heteroatoms. The topological polar surface area (TPSA) is 79.1 Å². The SMILES string of the molecule is CCOC(=O)C1=C(C)N=c2s/c(=C\c3cc(Cl)ccc3OCc3ccccc3Cl)c(=O)n2[C@@H]1c1ccc(OCC)cc1. The highest BCUT2D eigenvalue weighted by Crippen LogP contribution is 2.32. The number of rotatable bonds is 9. The molecule has 1 aromatic heterocycles. The number of hydrogen-bond donors (Lipinski definition) is 0. The largest absolute Gasteiger partial charge is 0.494 e. The van der Waals surface area contributed by atoms with Gasteiger partial charge in [0.1, 0.15) is 18.1 Å². The van der Waals surface area contributed by atoms with E-state index in [1.54, 1.807) is 48.8 Å². The van der Waals surface area contributed by atoms with Crippen LogP contribution in [0.2, 0.25) is 10.0 Å². The summed E-state index contributed by atoms with van der Waals surface area (Å²) in [6, 6.07) is 19.3. The molecule has 0 fully saturated rings. The number of carbonyl (C=O) groups excluding carboxylic acids is 1. The molecule has 0 radical (unpaired) electrons. The van der Waals surface area contributed by atoms with E-state index in [1.165, 1.54) is 11.3 Å². The van der Waals surface area contributed by atoms with E-state index in [9.17, 15) is 9.59 Å². The lowest BCUT2D eigenvalue weighted by Gasteiger charge is -2.24. The zero-order chi connectivity index (χ0) is 29.8. The number of allylic oxidation sites excluding steroid dienone is 1. The van der Waals surface area contributed by atoms with Crippen LogP contribution in [0.4, 0.5) is 0 Å². The number of aromatic nitrogens is 1. The fourth-order valence-corrected chi connectivity index (χ4v) is 6.10. The molecule has 0 saturated heterocycles. The van der Waals surface area contributed by atoms with Gasteiger partial charge in [-0.3, -0.25) is 9.36 Å². The summed E-state index contributed by atoms with van der Waals surface area (Å²) in [5.74, 6) is 0.714. The van der Waals surface area contributed by atoms with Gasteiger partial charge in [0, 0.05) is 21.2 Å². The van der Waals surface area contributed by atoms with Crippen molar-refractivity contribution in [3.05, 3.63) is 124 Å². The minimum absolute atomic E-state index is 0.196. The Hall–Kier alpha value is -3.85. The van der Waals surface area contributed by atoms with E-state index in [1.807, 2.05) is 49.4 Å². The van der Waals surface area contributed by atoms with Crippen molar-refractivity contribution in [2.24, 2.45) is 4.99 Å². The molecule has 0 saturated carbocycles. The van der Waals surface area contributed by atoms with Crippen molar-refractivity contribution < 1.29 is 19.0 Å². The third kappa shape index (κ3) is 6.16. The molecule has 0 unspecified atom stereocenters. The zero-order valence-electron chi connectivity index (χ0n) is 23.2. The maximum atomic E-state index is 14.0. The maximum Gasteiger partial charge on any atom is 0.338 e. The van der Waals surface area contributed by atoms with Crippen LogP contribution in [-0.2, 0) is 16.1 Å². The number of halogens is 2. The molecule has 216 valence electrons. The predicted molar refractivity (Wildman–Crippen MR) is 165 cm³/mol. The van der Waals surface area contributed by atoms with E-state index in [0.29, 0.717) is 54.3 Å². The second kappa shape index (κ2) is 13.0. The van der Waals surface area contributed by atoms with Crippen molar-refractivity contribution in [3.8, 4) is 11.5 Å². The van der Waals surface area contributed by atoms with Gasteiger partial charge in [-0.2, -0.15) is 0 Å². The Labute approximate surface area is 256 Å². The van der Waals surface area contributed by atoms with E-state index in [4.69, 9.17) is 37.4 Å². The summed E-state index contributed by atoms with van der Waals surface area (Å²) in [6.45, 7) is 6.36. The number of thiazole rings is 1. The Morgan fingerprint density at radius 3 is 2.50 bits per heavy atom. The molecule has 4 aromatic rings. The van der Waals surface area contributed by atoms with Crippen LogP contribution in [0.5, 0.6) is 11.5 Å². The van der Waals surface area contributed by atoms with E-state index >= 15 is 0 Å². The first-order valence-electron chi connectivity index (χ1n) is 13.4. The summed E-state index contributed by atoms with van der Waals surface area (Å²) in [5.41, 5.74) is 2.69. The summed E-state index contributed by atoms with van der Waals surface area (Å²) in [4.78, 5) is 32.3. The van der Waals surface area contributed by atoms with Crippen molar-refractivity contribution in [2.45, 2.75) is 33.4 Å². The van der Waals surface area contributed by atoms with Gasteiger partial charge in [-0.25, -0.2) is 9.79 Å². The molecule has 1 aliphatic heterocycles. The second-order valence-corrected chi connectivity index (χ2v) is 11.2. The Bertz CT molecular complexity index is 1840. The summed E-state index contributed by atoms with van der Waals surface area (Å²) in [6.07, 6.45) is 1.73. The quantitative estimate of drug-likeness (QED) is 0.211. The molecule has 0 spiro atoms. The van der Waals surface area contributed by atoms with Gasteiger partial charge in [0.05, 0.1) is 35.1 Å². The average molecular weight is 624 g/mol. The molecule has 0 amide bonds. The standard InChI is InChI=1S/C32H28Cl2N2O5S/c1-4-39-24-13-10-20(11-14-24)29-28(31(38)40-5-2)19(3)35-32-36(29)30(37)27(42-32)17-22-16-23(33)12-15-26(22)41-18-21-8-6-7-9-25(21)34/h6-17,29H,4-5,18H2,1-3H3/b27-17-/t29-/m1/s1. The second-order valence-electron chi connectivity index (χ2n) is 9.37. The molecule has 5 rings (SSSR count). The van der Waals surface area contributed by atoms with E-state index in [-0.39, 0.29) is 18.8 Å². The third-order valence-corrected chi connectivity index (χ3v) is 8.21. The minimum Gasteiger partial charge on any atom is -0.494 e. The number of nitrogens with zero attached hydrogens (tertiary/aromatic N) is 2. The number of benzene rings is 3. The molecular weight excluding hydrogens is 595 g/mol. The Morgan fingerprint density at radius 1 is 1.02 bits per heavy atom. The molecular formula is C32H28Cl2N2O5S. The first kappa shape index (κ1) is 29.6. The number of esters is 1. The summed E-state index contributed by atoms with van der Waals surface area (Å²) in [5, 5.41) is 1.09. The molecule has 0 N–H and O–H groups in total. The van der Waals surface area contributed by atoms with Crippen LogP contribution in [0.1, 0.15) is 43.5 Å². The molecule has 0 bridgehead atoms. The molecule has 7 nitrogen and oxygen atoms in total. The maximum absolute atomic E-state index is 14.0. The van der Waals surface area contributed by atoms with Crippen molar-refractivity contribution in [2.75, 3.05) is 13.2 Å². The van der Waals surface area contributed by atoms with Gasteiger partial charge in [0.2, 0.25) is 0 Å². The van der Waals surface area contributed by atoms with Crippen LogP contribution < -0.4 is 24.4 Å². The number of ether oxygens (including phenoxy) is 3. The highest BCUT2D eigenvalue weighted by Gasteiger charge is 2.33. The Morgan fingerprint density at radius 2 is 1.79 bits per heavy atom. The van der Waals surface area contributed by atoms with Crippen molar-refractivity contribution in [3.63, 3.8) is 0 Å². The van der Waals surface area contributed by atoms with Crippen molar-refractivity contribution in [1.82, 2.24) is 4.57 Å². The van der Waals surface area contributed by atoms with Gasteiger partial charge in [0.15, 0.2) is 4.80 Å². The lowest BCUT2D eigenvalue weighted by Crippen LogP contribution is -2.39. The van der Waals surface area contributed by atoms with Crippen LogP contribution in [0, 0.1) is 0 Å². The van der Waals surface area contributed by atoms with Gasteiger partial charge in [-0.05, 0) is 68.8 Å². The van der Waals surface area contributed by atoms with Gasteiger partial charge < -0.3 is 14.2 Å². The van der Waals surface area contributed by atoms with E-state index in [2.05, 4.69) is 4.99 Å². The minimum atomic E-state index is -0.728.